The van der Waals surface area contributed by atoms with Gasteiger partial charge in [-0.3, -0.25) is 9.59 Å². The second-order valence-electron chi connectivity index (χ2n) is 6.38. The Morgan fingerprint density at radius 3 is 2.85 bits per heavy atom. The van der Waals surface area contributed by atoms with Crippen LogP contribution in [0.3, 0.4) is 0 Å². The molecule has 0 aromatic heterocycles. The van der Waals surface area contributed by atoms with Gasteiger partial charge in [0.2, 0.25) is 11.8 Å². The molecule has 2 aromatic carbocycles. The van der Waals surface area contributed by atoms with Gasteiger partial charge in [-0.2, -0.15) is 0 Å². The van der Waals surface area contributed by atoms with Crippen molar-refractivity contribution in [1.29, 1.82) is 0 Å². The van der Waals surface area contributed by atoms with Crippen LogP contribution in [0, 0.1) is 12.8 Å². The van der Waals surface area contributed by atoms with Crippen molar-refractivity contribution < 1.29 is 14.3 Å². The van der Waals surface area contributed by atoms with E-state index in [-0.39, 0.29) is 18.2 Å². The van der Waals surface area contributed by atoms with Crippen molar-refractivity contribution in [3.05, 3.63) is 51.5 Å². The van der Waals surface area contributed by atoms with Gasteiger partial charge in [-0.1, -0.05) is 23.7 Å². The minimum atomic E-state index is -0.436. The highest BCUT2D eigenvalue weighted by Crippen LogP contribution is 2.34. The Balaban J connectivity index is 1.76. The fourth-order valence-electron chi connectivity index (χ4n) is 3.09. The van der Waals surface area contributed by atoms with Crippen LogP contribution in [0.1, 0.15) is 18.9 Å². The number of carbonyl (C=O) groups is 2. The topological polar surface area (TPSA) is 58.6 Å². The molecule has 0 saturated carbocycles. The number of ether oxygens (including phenoxy) is 1. The fraction of sp³-hybridized carbons (Fsp3) is 0.300. The number of rotatable bonds is 5. The summed E-state index contributed by atoms with van der Waals surface area (Å²) in [5, 5.41) is 3.42. The zero-order chi connectivity index (χ0) is 19.6. The number of carbonyl (C=O) groups excluding carboxylic acids is 2. The number of halogens is 2. The molecule has 142 valence electrons. The molecular weight excluding hydrogens is 432 g/mol. The number of hydrogen-bond acceptors (Lipinski definition) is 3. The molecule has 0 aliphatic carbocycles. The number of aryl methyl sites for hydroxylation is 1. The van der Waals surface area contributed by atoms with E-state index in [1.54, 1.807) is 11.0 Å². The van der Waals surface area contributed by atoms with Crippen molar-refractivity contribution in [1.82, 2.24) is 0 Å². The summed E-state index contributed by atoms with van der Waals surface area (Å²) in [6.07, 6.45) is 0.162. The van der Waals surface area contributed by atoms with Crippen LogP contribution in [0.25, 0.3) is 0 Å². The Hall–Kier alpha value is -2.05. The Morgan fingerprint density at radius 1 is 1.37 bits per heavy atom. The van der Waals surface area contributed by atoms with Gasteiger partial charge in [-0.25, -0.2) is 0 Å². The Kier molecular flexibility index (Phi) is 6.07. The molecule has 7 heteroatoms. The van der Waals surface area contributed by atoms with Gasteiger partial charge in [0.05, 0.1) is 23.2 Å². The summed E-state index contributed by atoms with van der Waals surface area (Å²) in [6, 6.07) is 10.9. The minimum Gasteiger partial charge on any atom is -0.492 e. The van der Waals surface area contributed by atoms with Crippen molar-refractivity contribution in [3.63, 3.8) is 0 Å². The summed E-state index contributed by atoms with van der Waals surface area (Å²) in [5.74, 6) is -0.0759. The highest BCUT2D eigenvalue weighted by molar-refractivity contribution is 9.10. The summed E-state index contributed by atoms with van der Waals surface area (Å²) in [5.41, 5.74) is 2.24. The number of para-hydroxylation sites is 2. The monoisotopic (exact) mass is 450 g/mol. The normalized spacial score (nSPS) is 16.5. The minimum absolute atomic E-state index is 0.0899. The van der Waals surface area contributed by atoms with Gasteiger partial charge in [0.15, 0.2) is 0 Å². The summed E-state index contributed by atoms with van der Waals surface area (Å²) in [4.78, 5) is 26.9. The van der Waals surface area contributed by atoms with E-state index in [0.717, 1.165) is 10.0 Å². The van der Waals surface area contributed by atoms with E-state index in [0.29, 0.717) is 35.3 Å². The number of amides is 2. The van der Waals surface area contributed by atoms with Crippen LogP contribution in [0.15, 0.2) is 40.9 Å². The Bertz CT molecular complexity index is 888. The largest absolute Gasteiger partial charge is 0.492 e. The molecule has 0 radical (unpaired) electrons. The lowest BCUT2D eigenvalue weighted by molar-refractivity contribution is -0.122. The number of benzene rings is 2. The predicted octanol–water partition coefficient (Wildman–Crippen LogP) is 4.80. The molecule has 1 saturated heterocycles. The smallest absolute Gasteiger partial charge is 0.229 e. The average Bonchev–Trinajstić information content (AvgIpc) is 3.02. The average molecular weight is 452 g/mol. The van der Waals surface area contributed by atoms with Crippen molar-refractivity contribution in [3.8, 4) is 5.75 Å². The van der Waals surface area contributed by atoms with Crippen LogP contribution in [0.5, 0.6) is 5.75 Å². The van der Waals surface area contributed by atoms with Gasteiger partial charge in [-0.05, 0) is 59.6 Å². The molecule has 1 fully saturated rings. The van der Waals surface area contributed by atoms with Gasteiger partial charge in [-0.15, -0.1) is 0 Å². The Labute approximate surface area is 171 Å². The van der Waals surface area contributed by atoms with Crippen LogP contribution >= 0.6 is 27.5 Å². The van der Waals surface area contributed by atoms with Crippen LogP contribution in [0.2, 0.25) is 5.02 Å². The molecule has 0 unspecified atom stereocenters. The molecular formula is C20H20BrClN2O3. The van der Waals surface area contributed by atoms with E-state index in [9.17, 15) is 9.59 Å². The van der Waals surface area contributed by atoms with E-state index >= 15 is 0 Å². The third-order valence-electron chi connectivity index (χ3n) is 4.48. The van der Waals surface area contributed by atoms with E-state index in [4.69, 9.17) is 16.3 Å². The quantitative estimate of drug-likeness (QED) is 0.710. The molecule has 0 bridgehead atoms. The summed E-state index contributed by atoms with van der Waals surface area (Å²) in [7, 11) is 0. The second kappa shape index (κ2) is 8.31. The highest BCUT2D eigenvalue weighted by Gasteiger charge is 2.36. The van der Waals surface area contributed by atoms with Crippen LogP contribution in [-0.4, -0.2) is 25.0 Å². The van der Waals surface area contributed by atoms with Crippen LogP contribution in [0.4, 0.5) is 11.4 Å². The van der Waals surface area contributed by atoms with Gasteiger partial charge in [0, 0.05) is 23.1 Å². The SMILES string of the molecule is CCOc1ccccc1N1C[C@@H](C(=O)Nc2cc(Cl)c(Br)cc2C)CC1=O. The number of hydrogen-bond donors (Lipinski definition) is 1. The fourth-order valence-corrected chi connectivity index (χ4v) is 3.71. The molecule has 0 spiro atoms. The summed E-state index contributed by atoms with van der Waals surface area (Å²) >= 11 is 9.49. The van der Waals surface area contributed by atoms with Gasteiger partial charge < -0.3 is 15.0 Å². The first-order valence-corrected chi connectivity index (χ1v) is 9.86. The van der Waals surface area contributed by atoms with Gasteiger partial charge in [0.25, 0.3) is 0 Å². The molecule has 3 rings (SSSR count). The Morgan fingerprint density at radius 2 is 2.11 bits per heavy atom. The number of anilines is 2. The molecule has 1 atom stereocenters. The molecule has 1 aliphatic rings. The summed E-state index contributed by atoms with van der Waals surface area (Å²) in [6.45, 7) is 4.61. The standard InChI is InChI=1S/C20H20BrClN2O3/c1-3-27-18-7-5-4-6-17(18)24-11-13(9-19(24)25)20(26)23-16-10-15(22)14(21)8-12(16)2/h4-8,10,13H,3,9,11H2,1-2H3,(H,23,26)/t13-/m0/s1. The molecule has 2 amide bonds. The molecule has 2 aromatic rings. The summed E-state index contributed by atoms with van der Waals surface area (Å²) < 4.78 is 6.39. The van der Waals surface area contributed by atoms with Crippen molar-refractivity contribution in [2.24, 2.45) is 5.92 Å². The van der Waals surface area contributed by atoms with Crippen molar-refractivity contribution >= 4 is 50.7 Å². The lowest BCUT2D eigenvalue weighted by atomic mass is 10.1. The molecule has 27 heavy (non-hydrogen) atoms. The molecule has 1 heterocycles. The van der Waals surface area contributed by atoms with E-state index < -0.39 is 5.92 Å². The van der Waals surface area contributed by atoms with E-state index in [1.807, 2.05) is 44.2 Å². The first kappa shape index (κ1) is 19.7. The lowest BCUT2D eigenvalue weighted by Gasteiger charge is -2.20. The van der Waals surface area contributed by atoms with Gasteiger partial charge >= 0.3 is 0 Å². The first-order valence-electron chi connectivity index (χ1n) is 8.69. The molecule has 1 aliphatic heterocycles. The maximum absolute atomic E-state index is 12.7. The van der Waals surface area contributed by atoms with Crippen LogP contribution < -0.4 is 15.0 Å². The number of nitrogens with one attached hydrogen (secondary N) is 1. The maximum Gasteiger partial charge on any atom is 0.229 e. The third kappa shape index (κ3) is 4.28. The van der Waals surface area contributed by atoms with Crippen molar-refractivity contribution in [2.45, 2.75) is 20.3 Å². The highest BCUT2D eigenvalue weighted by atomic mass is 79.9. The first-order chi connectivity index (χ1) is 12.9. The molecule has 1 N–H and O–H groups in total. The molecule has 5 nitrogen and oxygen atoms in total. The second-order valence-corrected chi connectivity index (χ2v) is 7.64. The van der Waals surface area contributed by atoms with Gasteiger partial charge in [0.1, 0.15) is 5.75 Å². The zero-order valence-corrected chi connectivity index (χ0v) is 17.4. The van der Waals surface area contributed by atoms with E-state index in [2.05, 4.69) is 21.2 Å². The van der Waals surface area contributed by atoms with Crippen LogP contribution in [-0.2, 0) is 9.59 Å². The van der Waals surface area contributed by atoms with E-state index in [1.165, 1.54) is 0 Å². The lowest BCUT2D eigenvalue weighted by Crippen LogP contribution is -2.28. The zero-order valence-electron chi connectivity index (χ0n) is 15.1. The number of nitrogens with zero attached hydrogens (tertiary/aromatic N) is 1. The van der Waals surface area contributed by atoms with Crippen molar-refractivity contribution in [2.75, 3.05) is 23.4 Å². The third-order valence-corrected chi connectivity index (χ3v) is 5.67. The maximum atomic E-state index is 12.7. The predicted molar refractivity (Wildman–Crippen MR) is 111 cm³/mol.